The van der Waals surface area contributed by atoms with Gasteiger partial charge in [0, 0.05) is 23.7 Å². The van der Waals surface area contributed by atoms with Gasteiger partial charge in [-0.3, -0.25) is 0 Å². The Labute approximate surface area is 179 Å². The van der Waals surface area contributed by atoms with E-state index >= 15 is 0 Å². The Bertz CT molecular complexity index is 1060. The Kier molecular flexibility index (Phi) is 4.53. The van der Waals surface area contributed by atoms with Crippen LogP contribution in [0.4, 0.5) is 26.3 Å². The second kappa shape index (κ2) is 6.31. The number of hydrogen-bond donors (Lipinski definition) is 0. The van der Waals surface area contributed by atoms with Gasteiger partial charge in [0.1, 0.15) is 10.8 Å². The summed E-state index contributed by atoms with van der Waals surface area (Å²) in [6.07, 6.45) is 0. The van der Waals surface area contributed by atoms with Crippen LogP contribution in [0.15, 0.2) is 51.7 Å². The molecule has 1 aromatic carbocycles. The number of alkyl halides is 6. The summed E-state index contributed by atoms with van der Waals surface area (Å²) < 4.78 is 98.6. The number of ether oxygens (including phenoxy) is 2. The first-order valence-electron chi connectivity index (χ1n) is 9.29. The highest BCUT2D eigenvalue weighted by Gasteiger charge is 2.84. The van der Waals surface area contributed by atoms with E-state index in [-0.39, 0.29) is 10.6 Å². The number of nitrogens with zero attached hydrogens (tertiary/aromatic N) is 1. The van der Waals surface area contributed by atoms with Crippen LogP contribution >= 0.6 is 11.8 Å². The van der Waals surface area contributed by atoms with Gasteiger partial charge in [-0.1, -0.05) is 31.2 Å². The number of rotatable bonds is 3. The Morgan fingerprint density at radius 1 is 0.871 bits per heavy atom. The molecule has 1 aromatic rings. The summed E-state index contributed by atoms with van der Waals surface area (Å²) >= 11 is 0.941. The molecule has 0 radical (unpaired) electrons. The summed E-state index contributed by atoms with van der Waals surface area (Å²) in [4.78, 5) is 2.50. The van der Waals surface area contributed by atoms with Crippen molar-refractivity contribution < 1.29 is 35.8 Å². The summed E-state index contributed by atoms with van der Waals surface area (Å²) in [6.45, 7) is 4.17. The van der Waals surface area contributed by atoms with Gasteiger partial charge in [0.2, 0.25) is 0 Å². The van der Waals surface area contributed by atoms with Crippen molar-refractivity contribution in [1.82, 2.24) is 0 Å². The predicted molar refractivity (Wildman–Crippen MR) is 105 cm³/mol. The van der Waals surface area contributed by atoms with Gasteiger partial charge in [0.05, 0.1) is 18.4 Å². The Balaban J connectivity index is 2.05. The standard InChI is InChI=1S/C21H19F6NO2S/c1-10-13-14(19(24,25)21(26,27)18(13,22)23)15-20(30-5,17(10,2)3)31-16(28-15)11-6-8-12(29-4)9-7-11/h6-9H,1-5H3. The molecule has 0 saturated heterocycles. The van der Waals surface area contributed by atoms with E-state index in [4.69, 9.17) is 9.47 Å². The number of allylic oxidation sites excluding steroid dienone is 2. The molecular weight excluding hydrogens is 444 g/mol. The molecular formula is C21H19F6NO2S. The molecule has 168 valence electrons. The van der Waals surface area contributed by atoms with E-state index in [2.05, 4.69) is 4.99 Å². The number of hydrogen-bond acceptors (Lipinski definition) is 4. The van der Waals surface area contributed by atoms with E-state index in [0.717, 1.165) is 11.8 Å². The van der Waals surface area contributed by atoms with Crippen LogP contribution in [0, 0.1) is 5.41 Å². The van der Waals surface area contributed by atoms with Crippen LogP contribution in [0.5, 0.6) is 5.75 Å². The van der Waals surface area contributed by atoms with E-state index in [0.29, 0.717) is 11.3 Å². The van der Waals surface area contributed by atoms with Gasteiger partial charge in [0.25, 0.3) is 0 Å². The van der Waals surface area contributed by atoms with Crippen molar-refractivity contribution in [2.24, 2.45) is 10.4 Å². The topological polar surface area (TPSA) is 30.8 Å². The van der Waals surface area contributed by atoms with Crippen molar-refractivity contribution in [3.8, 4) is 5.75 Å². The highest BCUT2D eigenvalue weighted by molar-refractivity contribution is 8.16. The quantitative estimate of drug-likeness (QED) is 0.511. The van der Waals surface area contributed by atoms with E-state index in [1.807, 2.05) is 0 Å². The molecule has 0 amide bonds. The van der Waals surface area contributed by atoms with Crippen LogP contribution < -0.4 is 4.74 Å². The maximum atomic E-state index is 14.9. The molecule has 1 aliphatic heterocycles. The van der Waals surface area contributed by atoms with Gasteiger partial charge < -0.3 is 9.47 Å². The summed E-state index contributed by atoms with van der Waals surface area (Å²) in [5, 5.41) is 0.198. The zero-order chi connectivity index (χ0) is 23.2. The van der Waals surface area contributed by atoms with Crippen LogP contribution in [0.25, 0.3) is 0 Å². The zero-order valence-electron chi connectivity index (χ0n) is 17.2. The second-order valence-corrected chi connectivity index (χ2v) is 9.31. The smallest absolute Gasteiger partial charge is 0.380 e. The minimum absolute atomic E-state index is 0.198. The highest BCUT2D eigenvalue weighted by atomic mass is 32.2. The maximum Gasteiger partial charge on any atom is 0.380 e. The van der Waals surface area contributed by atoms with E-state index in [9.17, 15) is 26.3 Å². The van der Waals surface area contributed by atoms with Crippen LogP contribution in [0.1, 0.15) is 26.3 Å². The van der Waals surface area contributed by atoms with E-state index in [1.165, 1.54) is 35.0 Å². The van der Waals surface area contributed by atoms with Gasteiger partial charge >= 0.3 is 17.8 Å². The minimum atomic E-state index is -5.60. The molecule has 1 unspecified atom stereocenters. The second-order valence-electron chi connectivity index (χ2n) is 8.14. The number of thioether (sulfide) groups is 1. The van der Waals surface area contributed by atoms with E-state index < -0.39 is 45.0 Å². The van der Waals surface area contributed by atoms with Gasteiger partial charge in [-0.15, -0.1) is 0 Å². The average Bonchev–Trinajstić information content (AvgIpc) is 3.15. The van der Waals surface area contributed by atoms with E-state index in [1.54, 1.807) is 24.3 Å². The van der Waals surface area contributed by atoms with Gasteiger partial charge in [-0.25, -0.2) is 4.99 Å². The summed E-state index contributed by atoms with van der Waals surface area (Å²) in [7, 11) is 2.70. The molecule has 0 spiro atoms. The van der Waals surface area contributed by atoms with Crippen molar-refractivity contribution >= 4 is 16.8 Å². The lowest BCUT2D eigenvalue weighted by Gasteiger charge is -2.47. The molecule has 0 N–H and O–H groups in total. The number of methoxy groups -OCH3 is 2. The summed E-state index contributed by atoms with van der Waals surface area (Å²) in [5.74, 6) is -15.2. The SMILES string of the molecule is COc1ccc(C2=NC3=C4C(=C(C)C(C)(C)C3(OC)S2)C(F)(F)C(F)(F)C4(F)F)cc1. The number of halogens is 6. The summed E-state index contributed by atoms with van der Waals surface area (Å²) in [5.41, 5.74) is -4.54. The zero-order valence-corrected chi connectivity index (χ0v) is 18.1. The first-order chi connectivity index (χ1) is 14.2. The molecule has 31 heavy (non-hydrogen) atoms. The van der Waals surface area contributed by atoms with Crippen LogP contribution in [0.2, 0.25) is 0 Å². The number of benzene rings is 1. The average molecular weight is 463 g/mol. The van der Waals surface area contributed by atoms with Crippen molar-refractivity contribution in [2.45, 2.75) is 43.5 Å². The molecule has 3 nitrogen and oxygen atoms in total. The monoisotopic (exact) mass is 463 g/mol. The first-order valence-corrected chi connectivity index (χ1v) is 10.1. The maximum absolute atomic E-state index is 14.9. The lowest BCUT2D eigenvalue weighted by atomic mass is 9.69. The van der Waals surface area contributed by atoms with Crippen LogP contribution in [-0.4, -0.2) is 42.0 Å². The minimum Gasteiger partial charge on any atom is -0.497 e. The largest absolute Gasteiger partial charge is 0.497 e. The van der Waals surface area contributed by atoms with Gasteiger partial charge in [0.15, 0.2) is 4.93 Å². The third-order valence-electron chi connectivity index (χ3n) is 6.43. The van der Waals surface area contributed by atoms with Crippen LogP contribution in [-0.2, 0) is 4.74 Å². The third kappa shape index (κ3) is 2.40. The van der Waals surface area contributed by atoms with Gasteiger partial charge in [-0.2, -0.15) is 26.3 Å². The fourth-order valence-electron chi connectivity index (χ4n) is 4.35. The molecule has 0 bridgehead atoms. The lowest BCUT2D eigenvalue weighted by Crippen LogP contribution is -2.48. The molecule has 10 heteroatoms. The number of aliphatic imine (C=N–C) groups is 1. The molecule has 1 saturated carbocycles. The van der Waals surface area contributed by atoms with Crippen molar-refractivity contribution in [3.63, 3.8) is 0 Å². The normalized spacial score (nSPS) is 29.6. The van der Waals surface area contributed by atoms with Crippen LogP contribution in [0.3, 0.4) is 0 Å². The molecule has 3 aliphatic rings. The van der Waals surface area contributed by atoms with Gasteiger partial charge in [-0.05, 0) is 31.2 Å². The summed E-state index contributed by atoms with van der Waals surface area (Å²) in [6, 6.07) is 6.45. The fourth-order valence-corrected chi connectivity index (χ4v) is 5.75. The Hall–Kier alpha value is -1.94. The van der Waals surface area contributed by atoms with Crippen molar-refractivity contribution in [2.75, 3.05) is 14.2 Å². The predicted octanol–water partition coefficient (Wildman–Crippen LogP) is 6.06. The highest BCUT2D eigenvalue weighted by Crippen LogP contribution is 2.71. The molecule has 1 heterocycles. The molecule has 0 aromatic heterocycles. The molecule has 1 fully saturated rings. The third-order valence-corrected chi connectivity index (χ3v) is 8.11. The molecule has 1 atom stereocenters. The molecule has 4 rings (SSSR count). The fraction of sp³-hybridized carbons (Fsp3) is 0.476. The van der Waals surface area contributed by atoms with Crippen molar-refractivity contribution in [1.29, 1.82) is 0 Å². The van der Waals surface area contributed by atoms with Crippen molar-refractivity contribution in [3.05, 3.63) is 52.2 Å². The number of fused-ring (bicyclic) bond motifs is 2. The first kappa shape index (κ1) is 22.3. The molecule has 2 aliphatic carbocycles. The Morgan fingerprint density at radius 3 is 1.94 bits per heavy atom. The lowest BCUT2D eigenvalue weighted by molar-refractivity contribution is -0.258. The Morgan fingerprint density at radius 2 is 1.42 bits per heavy atom.